The zero-order valence-corrected chi connectivity index (χ0v) is 9.50. The molecule has 0 spiro atoms. The molecular weight excluding hydrogens is 174 g/mol. The molecule has 0 bridgehead atoms. The minimum atomic E-state index is 0.0584. The average molecular weight is 193 g/mol. The van der Waals surface area contributed by atoms with E-state index < -0.39 is 0 Å². The summed E-state index contributed by atoms with van der Waals surface area (Å²) in [7, 11) is 1.80. The summed E-state index contributed by atoms with van der Waals surface area (Å²) in [6, 6.07) is 3.57. The summed E-state index contributed by atoms with van der Waals surface area (Å²) in [6.45, 7) is 6.69. The zero-order chi connectivity index (χ0) is 10.8. The molecule has 0 aliphatic carbocycles. The predicted octanol–water partition coefficient (Wildman–Crippen LogP) is 2.36. The Bertz CT molecular complexity index is 363. The van der Waals surface area contributed by atoms with E-state index in [1.54, 1.807) is 17.7 Å². The molecule has 1 aromatic heterocycles. The zero-order valence-electron chi connectivity index (χ0n) is 9.50. The summed E-state index contributed by atoms with van der Waals surface area (Å²) in [5.74, 6) is 0. The van der Waals surface area contributed by atoms with Gasteiger partial charge in [-0.15, -0.1) is 0 Å². The van der Waals surface area contributed by atoms with Crippen LogP contribution in [0.15, 0.2) is 23.1 Å². The van der Waals surface area contributed by atoms with Gasteiger partial charge in [0.05, 0.1) is 0 Å². The van der Waals surface area contributed by atoms with Gasteiger partial charge < -0.3 is 4.57 Å². The minimum absolute atomic E-state index is 0.0584. The molecule has 1 aromatic rings. The van der Waals surface area contributed by atoms with Gasteiger partial charge in [0.1, 0.15) is 0 Å². The molecule has 14 heavy (non-hydrogen) atoms. The molecule has 0 radical (unpaired) electrons. The summed E-state index contributed by atoms with van der Waals surface area (Å²) in [5.41, 5.74) is 1.61. The number of rotatable bonds is 3. The minimum Gasteiger partial charge on any atom is -0.318 e. The number of hydrogen-bond donors (Lipinski definition) is 0. The quantitative estimate of drug-likeness (QED) is 0.722. The first kappa shape index (κ1) is 11.0. The van der Waals surface area contributed by atoms with Gasteiger partial charge in [-0.3, -0.25) is 4.79 Å². The van der Waals surface area contributed by atoms with E-state index in [0.717, 1.165) is 12.8 Å². The van der Waals surface area contributed by atoms with Gasteiger partial charge in [0.15, 0.2) is 0 Å². The van der Waals surface area contributed by atoms with Crippen LogP contribution >= 0.6 is 0 Å². The van der Waals surface area contributed by atoms with Crippen molar-refractivity contribution in [3.05, 3.63) is 34.2 Å². The molecule has 1 heterocycles. The van der Waals surface area contributed by atoms with Gasteiger partial charge in [0.25, 0.3) is 0 Å². The molecule has 0 saturated carbocycles. The summed E-state index contributed by atoms with van der Waals surface area (Å²) in [6.07, 6.45) is 4.10. The lowest BCUT2D eigenvalue weighted by Gasteiger charge is -2.22. The molecule has 0 aliphatic rings. The van der Waals surface area contributed by atoms with Crippen molar-refractivity contribution in [2.75, 3.05) is 0 Å². The lowest BCUT2D eigenvalue weighted by molar-refractivity contribution is 0.348. The van der Waals surface area contributed by atoms with Crippen LogP contribution in [-0.2, 0) is 13.5 Å². The third-order valence-electron chi connectivity index (χ3n) is 2.79. The first-order chi connectivity index (χ1) is 6.44. The van der Waals surface area contributed by atoms with Gasteiger partial charge in [0, 0.05) is 19.3 Å². The Morgan fingerprint density at radius 2 is 2.00 bits per heavy atom. The first-order valence-electron chi connectivity index (χ1n) is 5.10. The van der Waals surface area contributed by atoms with Crippen molar-refractivity contribution in [1.29, 1.82) is 0 Å². The fraction of sp³-hybridized carbons (Fsp3) is 0.583. The highest BCUT2D eigenvalue weighted by Crippen LogP contribution is 2.24. The van der Waals surface area contributed by atoms with E-state index in [-0.39, 0.29) is 5.56 Å². The van der Waals surface area contributed by atoms with Gasteiger partial charge in [-0.25, -0.2) is 0 Å². The highest BCUT2D eigenvalue weighted by molar-refractivity contribution is 5.11. The van der Waals surface area contributed by atoms with Crippen LogP contribution in [0.1, 0.15) is 32.8 Å². The Kier molecular flexibility index (Phi) is 3.14. The van der Waals surface area contributed by atoms with Gasteiger partial charge in [-0.05, 0) is 17.4 Å². The van der Waals surface area contributed by atoms with Crippen molar-refractivity contribution in [1.82, 2.24) is 4.57 Å². The molecule has 0 amide bonds. The largest absolute Gasteiger partial charge is 0.318 e. The molecule has 0 unspecified atom stereocenters. The third kappa shape index (κ3) is 2.72. The molecule has 0 fully saturated rings. The highest BCUT2D eigenvalue weighted by atomic mass is 16.1. The number of pyridine rings is 1. The smallest absolute Gasteiger partial charge is 0.250 e. The number of aryl methyl sites for hydroxylation is 1. The summed E-state index contributed by atoms with van der Waals surface area (Å²) in [4.78, 5) is 11.2. The van der Waals surface area contributed by atoms with E-state index in [2.05, 4.69) is 20.8 Å². The fourth-order valence-corrected chi connectivity index (χ4v) is 1.43. The van der Waals surface area contributed by atoms with Gasteiger partial charge in [-0.2, -0.15) is 0 Å². The van der Waals surface area contributed by atoms with Crippen molar-refractivity contribution in [3.8, 4) is 0 Å². The van der Waals surface area contributed by atoms with E-state index in [9.17, 15) is 4.79 Å². The maximum absolute atomic E-state index is 11.2. The van der Waals surface area contributed by atoms with Crippen LogP contribution in [0.5, 0.6) is 0 Å². The summed E-state index contributed by atoms with van der Waals surface area (Å²) < 4.78 is 1.64. The molecule has 2 nitrogen and oxygen atoms in total. The van der Waals surface area contributed by atoms with Crippen LogP contribution in [0, 0.1) is 5.41 Å². The predicted molar refractivity (Wildman–Crippen MR) is 59.5 cm³/mol. The first-order valence-corrected chi connectivity index (χ1v) is 5.10. The molecule has 2 heteroatoms. The van der Waals surface area contributed by atoms with E-state index in [4.69, 9.17) is 0 Å². The standard InChI is InChI=1S/C12H19NO/c1-5-12(2,3)8-10-6-7-11(14)13(4)9-10/h6-7,9H,5,8H2,1-4H3. The van der Waals surface area contributed by atoms with E-state index in [1.807, 2.05) is 12.3 Å². The van der Waals surface area contributed by atoms with Crippen LogP contribution in [0.2, 0.25) is 0 Å². The number of nitrogens with zero attached hydrogens (tertiary/aromatic N) is 1. The maximum atomic E-state index is 11.2. The topological polar surface area (TPSA) is 22.0 Å². The molecule has 0 N–H and O–H groups in total. The highest BCUT2D eigenvalue weighted by Gasteiger charge is 2.15. The molecule has 0 saturated heterocycles. The molecular formula is C12H19NO. The SMILES string of the molecule is CCC(C)(C)Cc1ccc(=O)n(C)c1. The normalized spacial score (nSPS) is 11.7. The van der Waals surface area contributed by atoms with Gasteiger partial charge in [-0.1, -0.05) is 33.3 Å². The second kappa shape index (κ2) is 3.99. The Balaban J connectivity index is 2.88. The van der Waals surface area contributed by atoms with Crippen LogP contribution in [0.3, 0.4) is 0 Å². The van der Waals surface area contributed by atoms with Crippen LogP contribution < -0.4 is 5.56 Å². The van der Waals surface area contributed by atoms with Gasteiger partial charge in [0.2, 0.25) is 5.56 Å². The second-order valence-corrected chi connectivity index (χ2v) is 4.68. The summed E-state index contributed by atoms with van der Waals surface area (Å²) >= 11 is 0. The summed E-state index contributed by atoms with van der Waals surface area (Å²) in [5, 5.41) is 0. The van der Waals surface area contributed by atoms with Crippen molar-refractivity contribution >= 4 is 0 Å². The third-order valence-corrected chi connectivity index (χ3v) is 2.79. The van der Waals surface area contributed by atoms with E-state index in [1.165, 1.54) is 5.56 Å². The molecule has 0 atom stereocenters. The van der Waals surface area contributed by atoms with Crippen LogP contribution in [0.25, 0.3) is 0 Å². The van der Waals surface area contributed by atoms with Crippen LogP contribution in [-0.4, -0.2) is 4.57 Å². The lowest BCUT2D eigenvalue weighted by Crippen LogP contribution is -2.18. The second-order valence-electron chi connectivity index (χ2n) is 4.68. The molecule has 0 aromatic carbocycles. The van der Waals surface area contributed by atoms with E-state index >= 15 is 0 Å². The Hall–Kier alpha value is -1.05. The van der Waals surface area contributed by atoms with Crippen LogP contribution in [0.4, 0.5) is 0 Å². The van der Waals surface area contributed by atoms with Gasteiger partial charge >= 0.3 is 0 Å². The van der Waals surface area contributed by atoms with E-state index in [0.29, 0.717) is 5.41 Å². The number of aromatic nitrogens is 1. The Labute approximate surface area is 85.6 Å². The lowest BCUT2D eigenvalue weighted by atomic mass is 9.84. The van der Waals surface area contributed by atoms with Crippen molar-refractivity contribution in [2.24, 2.45) is 12.5 Å². The van der Waals surface area contributed by atoms with Crippen molar-refractivity contribution in [3.63, 3.8) is 0 Å². The molecule has 0 aliphatic heterocycles. The Morgan fingerprint density at radius 3 is 2.50 bits per heavy atom. The van der Waals surface area contributed by atoms with Crippen molar-refractivity contribution < 1.29 is 0 Å². The fourth-order valence-electron chi connectivity index (χ4n) is 1.43. The Morgan fingerprint density at radius 1 is 1.36 bits per heavy atom. The number of hydrogen-bond acceptors (Lipinski definition) is 1. The monoisotopic (exact) mass is 193 g/mol. The molecule has 78 valence electrons. The maximum Gasteiger partial charge on any atom is 0.250 e. The average Bonchev–Trinajstić information content (AvgIpc) is 2.11. The molecule has 1 rings (SSSR count). The van der Waals surface area contributed by atoms with Crippen molar-refractivity contribution in [2.45, 2.75) is 33.6 Å².